The van der Waals surface area contributed by atoms with Crippen molar-refractivity contribution in [3.8, 4) is 0 Å². The average Bonchev–Trinajstić information content (AvgIpc) is 3.05. The minimum atomic E-state index is 0.0558. The molecule has 1 saturated heterocycles. The largest absolute Gasteiger partial charge is 0.338 e. The molecule has 0 spiro atoms. The van der Waals surface area contributed by atoms with Crippen LogP contribution in [0.3, 0.4) is 0 Å². The maximum Gasteiger partial charge on any atom is 0.317 e. The Labute approximate surface area is 150 Å². The number of carbonyl (C=O) groups is 1. The van der Waals surface area contributed by atoms with E-state index < -0.39 is 0 Å². The lowest BCUT2D eigenvalue weighted by Gasteiger charge is -2.37. The minimum Gasteiger partial charge on any atom is -0.338 e. The predicted octanol–water partition coefficient (Wildman–Crippen LogP) is 3.30. The molecule has 134 valence electrons. The Bertz CT molecular complexity index is 682. The zero-order chi connectivity index (χ0) is 17.6. The molecule has 3 rings (SSSR count). The van der Waals surface area contributed by atoms with Crippen LogP contribution < -0.4 is 5.32 Å². The summed E-state index contributed by atoms with van der Waals surface area (Å²) in [5.41, 5.74) is 1.25. The van der Waals surface area contributed by atoms with Crippen molar-refractivity contribution in [3.63, 3.8) is 0 Å². The molecular weight excluding hydrogens is 312 g/mol. The monoisotopic (exact) mass is 340 g/mol. The van der Waals surface area contributed by atoms with Gasteiger partial charge in [-0.1, -0.05) is 37.3 Å². The van der Waals surface area contributed by atoms with Crippen LogP contribution in [-0.2, 0) is 13.0 Å². The molecule has 1 aromatic heterocycles. The number of carbonyl (C=O) groups excluding carboxylic acids is 1. The number of urea groups is 1. The number of imidazole rings is 1. The number of benzene rings is 1. The molecule has 2 heterocycles. The molecule has 0 unspecified atom stereocenters. The minimum absolute atomic E-state index is 0.0558. The first kappa shape index (κ1) is 17.5. The van der Waals surface area contributed by atoms with Crippen LogP contribution in [-0.4, -0.2) is 39.6 Å². The van der Waals surface area contributed by atoms with Crippen LogP contribution in [0.25, 0.3) is 0 Å². The van der Waals surface area contributed by atoms with Gasteiger partial charge in [-0.2, -0.15) is 0 Å². The lowest BCUT2D eigenvalue weighted by Crippen LogP contribution is -2.50. The molecule has 2 aromatic rings. The van der Waals surface area contributed by atoms with E-state index in [4.69, 9.17) is 0 Å². The van der Waals surface area contributed by atoms with E-state index in [9.17, 15) is 4.79 Å². The van der Waals surface area contributed by atoms with E-state index in [2.05, 4.69) is 40.8 Å². The number of piperidine rings is 1. The second-order valence-corrected chi connectivity index (χ2v) is 6.99. The van der Waals surface area contributed by atoms with Crippen LogP contribution in [0.5, 0.6) is 0 Å². The van der Waals surface area contributed by atoms with Crippen molar-refractivity contribution < 1.29 is 4.79 Å². The lowest BCUT2D eigenvalue weighted by molar-refractivity contribution is 0.129. The van der Waals surface area contributed by atoms with Gasteiger partial charge in [0, 0.05) is 44.5 Å². The molecule has 5 nitrogen and oxygen atoms in total. The number of nitrogens with one attached hydrogen (secondary N) is 1. The topological polar surface area (TPSA) is 50.2 Å². The summed E-state index contributed by atoms with van der Waals surface area (Å²) in [5, 5.41) is 3.07. The molecule has 25 heavy (non-hydrogen) atoms. The van der Waals surface area contributed by atoms with Gasteiger partial charge in [-0.3, -0.25) is 0 Å². The van der Waals surface area contributed by atoms with Gasteiger partial charge in [0.25, 0.3) is 0 Å². The third kappa shape index (κ3) is 4.41. The van der Waals surface area contributed by atoms with Gasteiger partial charge in [0.15, 0.2) is 0 Å². The summed E-state index contributed by atoms with van der Waals surface area (Å²) in [7, 11) is 0. The zero-order valence-electron chi connectivity index (χ0n) is 15.2. The summed E-state index contributed by atoms with van der Waals surface area (Å²) in [5.74, 6) is 1.58. The van der Waals surface area contributed by atoms with Crippen LogP contribution in [0.15, 0.2) is 42.7 Å². The number of aromatic nitrogens is 2. The highest BCUT2D eigenvalue weighted by Crippen LogP contribution is 2.22. The molecule has 1 aliphatic heterocycles. The summed E-state index contributed by atoms with van der Waals surface area (Å²) < 4.78 is 2.15. The molecule has 0 bridgehead atoms. The molecule has 1 aliphatic rings. The van der Waals surface area contributed by atoms with Crippen LogP contribution in [0.1, 0.15) is 38.1 Å². The van der Waals surface area contributed by atoms with Gasteiger partial charge in [-0.15, -0.1) is 0 Å². The highest BCUT2D eigenvalue weighted by molar-refractivity contribution is 5.74. The summed E-state index contributed by atoms with van der Waals surface area (Å²) in [6, 6.07) is 10.7. The SMILES string of the molecule is C[C@@H]1[C@@H](C)CCCN1C(=O)NCCc1nccn1Cc1ccccc1. The van der Waals surface area contributed by atoms with Gasteiger partial charge in [-0.05, 0) is 31.2 Å². The second kappa shape index (κ2) is 8.19. The molecule has 2 amide bonds. The Morgan fingerprint density at radius 1 is 1.28 bits per heavy atom. The Morgan fingerprint density at radius 3 is 2.88 bits per heavy atom. The highest BCUT2D eigenvalue weighted by Gasteiger charge is 2.28. The van der Waals surface area contributed by atoms with Gasteiger partial charge in [0.2, 0.25) is 0 Å². The van der Waals surface area contributed by atoms with Crippen LogP contribution in [0.2, 0.25) is 0 Å². The van der Waals surface area contributed by atoms with E-state index in [1.807, 2.05) is 35.5 Å². The van der Waals surface area contributed by atoms with Crippen molar-refractivity contribution in [2.75, 3.05) is 13.1 Å². The summed E-state index contributed by atoms with van der Waals surface area (Å²) in [6.45, 7) is 6.66. The predicted molar refractivity (Wildman–Crippen MR) is 99.4 cm³/mol. The first-order valence-corrected chi connectivity index (χ1v) is 9.23. The zero-order valence-corrected chi connectivity index (χ0v) is 15.2. The van der Waals surface area contributed by atoms with Crippen LogP contribution >= 0.6 is 0 Å². The maximum absolute atomic E-state index is 12.4. The maximum atomic E-state index is 12.4. The molecule has 5 heteroatoms. The van der Waals surface area contributed by atoms with Crippen molar-refractivity contribution >= 4 is 6.03 Å². The van der Waals surface area contributed by atoms with Crippen molar-refractivity contribution in [3.05, 3.63) is 54.1 Å². The van der Waals surface area contributed by atoms with Gasteiger partial charge in [0.05, 0.1) is 0 Å². The van der Waals surface area contributed by atoms with Gasteiger partial charge in [0.1, 0.15) is 5.82 Å². The van der Waals surface area contributed by atoms with Gasteiger partial charge in [-0.25, -0.2) is 9.78 Å². The first-order chi connectivity index (χ1) is 12.1. The standard InChI is InChI=1S/C20H28N4O/c1-16-7-6-13-24(17(16)2)20(25)22-11-10-19-21-12-14-23(19)15-18-8-4-3-5-9-18/h3-5,8-9,12,14,16-17H,6-7,10-11,13,15H2,1-2H3,(H,22,25)/t16-,17+/m0/s1. The Morgan fingerprint density at radius 2 is 2.08 bits per heavy atom. The first-order valence-electron chi connectivity index (χ1n) is 9.23. The van der Waals surface area contributed by atoms with Crippen LogP contribution in [0.4, 0.5) is 4.79 Å². The van der Waals surface area contributed by atoms with E-state index >= 15 is 0 Å². The third-order valence-electron chi connectivity index (χ3n) is 5.26. The normalized spacial score (nSPS) is 20.5. The highest BCUT2D eigenvalue weighted by atomic mass is 16.2. The number of rotatable bonds is 5. The van der Waals surface area contributed by atoms with E-state index in [1.54, 1.807) is 0 Å². The summed E-state index contributed by atoms with van der Waals surface area (Å²) in [6.07, 6.45) is 6.87. The van der Waals surface area contributed by atoms with Crippen molar-refractivity contribution in [2.24, 2.45) is 5.92 Å². The van der Waals surface area contributed by atoms with E-state index in [-0.39, 0.29) is 6.03 Å². The number of hydrogen-bond donors (Lipinski definition) is 1. The Hall–Kier alpha value is -2.30. The van der Waals surface area contributed by atoms with Crippen molar-refractivity contribution in [2.45, 2.75) is 45.7 Å². The molecule has 1 N–H and O–H groups in total. The molecule has 0 aliphatic carbocycles. The number of hydrogen-bond acceptors (Lipinski definition) is 2. The van der Waals surface area contributed by atoms with E-state index in [1.165, 1.54) is 12.0 Å². The second-order valence-electron chi connectivity index (χ2n) is 6.99. The lowest BCUT2D eigenvalue weighted by atomic mass is 9.92. The molecule has 0 radical (unpaired) electrons. The van der Waals surface area contributed by atoms with Crippen molar-refractivity contribution in [1.29, 1.82) is 0 Å². The fourth-order valence-corrected chi connectivity index (χ4v) is 3.50. The Kier molecular flexibility index (Phi) is 5.74. The molecule has 1 aromatic carbocycles. The van der Waals surface area contributed by atoms with Gasteiger partial charge >= 0.3 is 6.03 Å². The fraction of sp³-hybridized carbons (Fsp3) is 0.500. The van der Waals surface area contributed by atoms with Crippen LogP contribution in [0, 0.1) is 5.92 Å². The van der Waals surface area contributed by atoms with Gasteiger partial charge < -0.3 is 14.8 Å². The molecular formula is C20H28N4O. The summed E-state index contributed by atoms with van der Waals surface area (Å²) >= 11 is 0. The number of nitrogens with zero attached hydrogens (tertiary/aromatic N) is 3. The van der Waals surface area contributed by atoms with Crippen molar-refractivity contribution in [1.82, 2.24) is 19.8 Å². The third-order valence-corrected chi connectivity index (χ3v) is 5.26. The molecule has 1 fully saturated rings. The molecule has 0 saturated carbocycles. The van der Waals surface area contributed by atoms with E-state index in [0.29, 0.717) is 18.5 Å². The fourth-order valence-electron chi connectivity index (χ4n) is 3.50. The average molecular weight is 340 g/mol. The smallest absolute Gasteiger partial charge is 0.317 e. The quantitative estimate of drug-likeness (QED) is 0.908. The number of amides is 2. The van der Waals surface area contributed by atoms with E-state index in [0.717, 1.165) is 31.8 Å². The number of likely N-dealkylation sites (tertiary alicyclic amines) is 1. The Balaban J connectivity index is 1.51. The molecule has 2 atom stereocenters. The summed E-state index contributed by atoms with van der Waals surface area (Å²) in [4.78, 5) is 18.9.